The minimum atomic E-state index is -2.49. The first kappa shape index (κ1) is 64.3. The number of nitrogens with zero attached hydrogens (tertiary/aromatic N) is 2. The summed E-state index contributed by atoms with van der Waals surface area (Å²) < 4.78 is 36.2. The number of aromatic nitrogens is 1. The van der Waals surface area contributed by atoms with Gasteiger partial charge in [0.1, 0.15) is 17.9 Å². The van der Waals surface area contributed by atoms with E-state index in [-0.39, 0.29) is 49.0 Å². The van der Waals surface area contributed by atoms with E-state index in [1.807, 2.05) is 51.2 Å². The molecule has 4 N–H and O–H groups in total. The Morgan fingerprint density at radius 2 is 1.51 bits per heavy atom. The van der Waals surface area contributed by atoms with Gasteiger partial charge < -0.3 is 58.6 Å². The zero-order valence-corrected chi connectivity index (χ0v) is 47.7. The molecule has 15 atom stereocenters. The molecule has 3 aliphatic heterocycles. The molecular formula is C59H86N2O18. The lowest BCUT2D eigenvalue weighted by molar-refractivity contribution is -0.265. The van der Waals surface area contributed by atoms with Crippen LogP contribution in [0.15, 0.2) is 59.7 Å². The van der Waals surface area contributed by atoms with E-state index in [1.165, 1.54) is 14.2 Å². The lowest BCUT2D eigenvalue weighted by Crippen LogP contribution is -2.61. The number of piperidine rings is 1. The SMILES string of the molecule is CO[C@H]1C[C@@H]2CC[C@@H](C)[C@@](O)(O2)C(=O)C(=O)N2CCCC[C@H]2C(=O)O[C@H]([C@H](C)C[C@@H]2CC[C@@H](O)[C@H](OC)C2)CC(=O)[C@H](C)C=C(C)[C@@H](OC(=O)CCC(=O)On2c(O)ccc2O)[C@@H](OC)C(=O)[C@H](C)C[C@H](C)C=CC=CC=C1C. The number of esters is 2. The predicted molar refractivity (Wildman–Crippen MR) is 288 cm³/mol. The van der Waals surface area contributed by atoms with Crippen molar-refractivity contribution in [3.63, 3.8) is 0 Å². The summed E-state index contributed by atoms with van der Waals surface area (Å²) in [4.78, 5) is 105. The van der Waals surface area contributed by atoms with Gasteiger partial charge >= 0.3 is 17.9 Å². The van der Waals surface area contributed by atoms with E-state index < -0.39 is 138 Å². The first-order valence-electron chi connectivity index (χ1n) is 27.9. The minimum absolute atomic E-state index is 0.0289. The van der Waals surface area contributed by atoms with Crippen LogP contribution in [0.4, 0.5) is 0 Å². The van der Waals surface area contributed by atoms with Crippen LogP contribution >= 0.6 is 0 Å². The number of amides is 1. The van der Waals surface area contributed by atoms with E-state index in [9.17, 15) is 54.0 Å². The van der Waals surface area contributed by atoms with Crippen LogP contribution < -0.4 is 4.84 Å². The number of aliphatic hydroxyl groups excluding tert-OH is 1. The molecule has 1 aliphatic carbocycles. The summed E-state index contributed by atoms with van der Waals surface area (Å²) in [6, 6.07) is 0.974. The van der Waals surface area contributed by atoms with Gasteiger partial charge in [0.05, 0.1) is 37.3 Å². The number of fused-ring (bicyclic) bond motifs is 3. The molecule has 20 nitrogen and oxygen atoms in total. The summed E-state index contributed by atoms with van der Waals surface area (Å²) in [6.45, 7) is 12.3. The van der Waals surface area contributed by atoms with E-state index in [0.717, 1.165) is 22.6 Å². The molecule has 4 heterocycles. The number of carbonyl (C=O) groups excluding carboxylic acids is 7. The summed E-state index contributed by atoms with van der Waals surface area (Å²) in [5.74, 6) is -12.2. The molecule has 5 rings (SSSR count). The third-order valence-corrected chi connectivity index (χ3v) is 16.2. The van der Waals surface area contributed by atoms with Crippen LogP contribution in [0.2, 0.25) is 0 Å². The van der Waals surface area contributed by atoms with Gasteiger partial charge in [-0.05, 0) is 107 Å². The molecule has 1 amide bonds. The highest BCUT2D eigenvalue weighted by Gasteiger charge is 2.53. The Bertz CT molecular complexity index is 2390. The minimum Gasteiger partial charge on any atom is -0.492 e. The van der Waals surface area contributed by atoms with Crippen LogP contribution in [0.3, 0.4) is 0 Å². The fourth-order valence-electron chi connectivity index (χ4n) is 11.3. The van der Waals surface area contributed by atoms with Crippen molar-refractivity contribution in [2.75, 3.05) is 27.9 Å². The van der Waals surface area contributed by atoms with Crippen LogP contribution in [0.25, 0.3) is 0 Å². The van der Waals surface area contributed by atoms with Crippen LogP contribution in [0, 0.1) is 35.5 Å². The molecule has 79 heavy (non-hydrogen) atoms. The summed E-state index contributed by atoms with van der Waals surface area (Å²) in [5.41, 5.74) is 1.10. The summed E-state index contributed by atoms with van der Waals surface area (Å²) in [7, 11) is 4.38. The van der Waals surface area contributed by atoms with Gasteiger partial charge in [0.2, 0.25) is 17.5 Å². The number of methoxy groups -OCH3 is 3. The Balaban J connectivity index is 1.51. The lowest BCUT2D eigenvalue weighted by Gasteiger charge is -2.42. The Morgan fingerprint density at radius 3 is 2.18 bits per heavy atom. The highest BCUT2D eigenvalue weighted by molar-refractivity contribution is 6.39. The number of aliphatic hydroxyl groups is 2. The first-order valence-corrected chi connectivity index (χ1v) is 27.9. The second-order valence-electron chi connectivity index (χ2n) is 22.4. The first-order chi connectivity index (χ1) is 37.4. The van der Waals surface area contributed by atoms with Gasteiger partial charge in [0.25, 0.3) is 11.7 Å². The van der Waals surface area contributed by atoms with Crippen molar-refractivity contribution in [3.05, 3.63) is 59.7 Å². The van der Waals surface area contributed by atoms with Gasteiger partial charge in [-0.1, -0.05) is 71.1 Å². The molecule has 1 aromatic heterocycles. The molecule has 2 bridgehead atoms. The number of Topliss-reactive ketones (excluding diaryl/α,β-unsaturated/α-hetero) is 3. The van der Waals surface area contributed by atoms with Gasteiger partial charge in [-0.15, -0.1) is 4.73 Å². The number of ether oxygens (including phenoxy) is 6. The molecule has 2 saturated heterocycles. The van der Waals surface area contributed by atoms with Gasteiger partial charge in [0, 0.05) is 70.6 Å². The molecule has 1 aromatic rings. The summed E-state index contributed by atoms with van der Waals surface area (Å²) in [5, 5.41) is 42.5. The quantitative estimate of drug-likeness (QED) is 0.106. The average Bonchev–Trinajstić information content (AvgIpc) is 3.84. The zero-order chi connectivity index (χ0) is 58.3. The smallest absolute Gasteiger partial charge is 0.333 e. The maximum Gasteiger partial charge on any atom is 0.333 e. The molecule has 4 aliphatic rings. The maximum absolute atomic E-state index is 14.6. The summed E-state index contributed by atoms with van der Waals surface area (Å²) >= 11 is 0. The van der Waals surface area contributed by atoms with Crippen LogP contribution in [-0.4, -0.2) is 154 Å². The monoisotopic (exact) mass is 1110 g/mol. The lowest BCUT2D eigenvalue weighted by atomic mass is 9.78. The molecule has 0 radical (unpaired) electrons. The molecule has 440 valence electrons. The average molecular weight is 1110 g/mol. The maximum atomic E-state index is 14.6. The Morgan fingerprint density at radius 1 is 0.810 bits per heavy atom. The largest absolute Gasteiger partial charge is 0.492 e. The molecule has 3 fully saturated rings. The van der Waals surface area contributed by atoms with Crippen LogP contribution in [0.5, 0.6) is 11.8 Å². The number of rotatable bonds is 11. The van der Waals surface area contributed by atoms with Gasteiger partial charge in [-0.2, -0.15) is 0 Å². The molecule has 0 aromatic carbocycles. The van der Waals surface area contributed by atoms with Crippen molar-refractivity contribution in [2.24, 2.45) is 35.5 Å². The zero-order valence-electron chi connectivity index (χ0n) is 47.7. The predicted octanol–water partition coefficient (Wildman–Crippen LogP) is 6.38. The van der Waals surface area contributed by atoms with Crippen LogP contribution in [-0.2, 0) is 62.0 Å². The fourth-order valence-corrected chi connectivity index (χ4v) is 11.3. The molecule has 0 spiro atoms. The second-order valence-corrected chi connectivity index (χ2v) is 22.4. The van der Waals surface area contributed by atoms with Crippen molar-refractivity contribution in [1.29, 1.82) is 0 Å². The van der Waals surface area contributed by atoms with E-state index in [2.05, 4.69) is 0 Å². The van der Waals surface area contributed by atoms with E-state index in [1.54, 1.807) is 40.9 Å². The van der Waals surface area contributed by atoms with Crippen molar-refractivity contribution in [1.82, 2.24) is 9.63 Å². The highest BCUT2D eigenvalue weighted by atomic mass is 16.7. The Labute approximate surface area is 464 Å². The van der Waals surface area contributed by atoms with Gasteiger partial charge in [0.15, 0.2) is 18.0 Å². The van der Waals surface area contributed by atoms with E-state index >= 15 is 0 Å². The van der Waals surface area contributed by atoms with Gasteiger partial charge in [-0.3, -0.25) is 24.0 Å². The van der Waals surface area contributed by atoms with Crippen molar-refractivity contribution >= 4 is 41.2 Å². The van der Waals surface area contributed by atoms with E-state index in [0.29, 0.717) is 62.5 Å². The van der Waals surface area contributed by atoms with Crippen molar-refractivity contribution < 1.29 is 87.2 Å². The van der Waals surface area contributed by atoms with Gasteiger partial charge in [-0.25, -0.2) is 9.59 Å². The number of cyclic esters (lactones) is 1. The standard InChI is InChI=1S/C59H86N2O18/c1-34-16-12-11-13-17-35(2)46(73-8)32-42-21-19-40(7)59(72,78-42)56(69)57(70)60-27-15-14-18-43(60)58(71)76-47(37(4)30-41-20-22-44(62)48(31-41)74-9)33-45(63)36(3)29-39(6)54(55(75-10)53(68)38(5)28-34)77-51(66)25-26-52(67)79-61-49(64)23-24-50(61)65/h11-13,16-17,23-24,29,34,36-38,40-44,46-48,54-55,62,64-65,72H,14-15,18-22,25-28,30-33H2,1-10H3/t34-,36-,37-,38-,40-,41+,42+,43+,44-,46+,47+,48-,54-,55+,59-/m1/s1. The van der Waals surface area contributed by atoms with E-state index in [4.69, 9.17) is 33.3 Å². The van der Waals surface area contributed by atoms with Crippen LogP contribution in [0.1, 0.15) is 138 Å². The third-order valence-electron chi connectivity index (χ3n) is 16.2. The fraction of sp³-hybridized carbons (Fsp3) is 0.678. The Kier molecular flexibility index (Phi) is 24.3. The number of carbonyl (C=O) groups is 7. The highest BCUT2D eigenvalue weighted by Crippen LogP contribution is 2.38. The summed E-state index contributed by atoms with van der Waals surface area (Å²) in [6.07, 6.45) is 8.28. The number of hydrogen-bond acceptors (Lipinski definition) is 18. The molecule has 1 saturated carbocycles. The van der Waals surface area contributed by atoms with Crippen molar-refractivity contribution in [3.8, 4) is 11.8 Å². The normalized spacial score (nSPS) is 33.0. The second kappa shape index (κ2) is 29.8. The Hall–Kier alpha value is -5.51. The topological polar surface area (TPSA) is 273 Å². The molecule has 20 heteroatoms. The van der Waals surface area contributed by atoms with Crippen molar-refractivity contribution in [2.45, 2.75) is 193 Å². The number of allylic oxidation sites excluding steroid dienone is 6. The third kappa shape index (κ3) is 17.3. The molecular weight excluding hydrogens is 1020 g/mol. The number of aromatic hydroxyl groups is 2. The number of ketones is 3. The number of hydrogen-bond donors (Lipinski definition) is 4. The molecule has 0 unspecified atom stereocenters.